The molecule has 1 saturated heterocycles. The summed E-state index contributed by atoms with van der Waals surface area (Å²) in [7, 11) is 0. The number of rotatable bonds is 4. The Balaban J connectivity index is 1.77. The summed E-state index contributed by atoms with van der Waals surface area (Å²) < 4.78 is 5.23. The first-order chi connectivity index (χ1) is 11.8. The molecule has 3 amide bonds. The fraction of sp³-hybridized carbons (Fsp3) is 0.579. The van der Waals surface area contributed by atoms with Crippen molar-refractivity contribution in [2.75, 3.05) is 25.0 Å². The molecule has 1 heterocycles. The second-order valence-corrected chi connectivity index (χ2v) is 7.47. The molecule has 1 fully saturated rings. The summed E-state index contributed by atoms with van der Waals surface area (Å²) >= 11 is 0. The Kier molecular flexibility index (Phi) is 6.28. The second-order valence-electron chi connectivity index (χ2n) is 7.47. The predicted octanol–water partition coefficient (Wildman–Crippen LogP) is 3.63. The van der Waals surface area contributed by atoms with Crippen molar-refractivity contribution in [3.05, 3.63) is 29.8 Å². The molecule has 0 spiro atoms. The van der Waals surface area contributed by atoms with E-state index in [0.29, 0.717) is 19.6 Å². The van der Waals surface area contributed by atoms with Gasteiger partial charge < -0.3 is 20.3 Å². The van der Waals surface area contributed by atoms with E-state index in [2.05, 4.69) is 17.6 Å². The Bertz CT molecular complexity index is 610. The zero-order valence-electron chi connectivity index (χ0n) is 15.6. The van der Waals surface area contributed by atoms with Crippen LogP contribution in [0.3, 0.4) is 0 Å². The number of urea groups is 1. The Morgan fingerprint density at radius 2 is 2.08 bits per heavy atom. The van der Waals surface area contributed by atoms with E-state index in [1.54, 1.807) is 4.90 Å². The van der Waals surface area contributed by atoms with Crippen molar-refractivity contribution in [3.8, 4) is 0 Å². The molecule has 0 aromatic heterocycles. The van der Waals surface area contributed by atoms with Crippen LogP contribution in [-0.2, 0) is 11.2 Å². The van der Waals surface area contributed by atoms with E-state index in [4.69, 9.17) is 4.74 Å². The van der Waals surface area contributed by atoms with Crippen molar-refractivity contribution >= 4 is 17.8 Å². The summed E-state index contributed by atoms with van der Waals surface area (Å²) in [4.78, 5) is 25.9. The maximum absolute atomic E-state index is 12.4. The third-order valence-electron chi connectivity index (χ3n) is 4.09. The molecule has 0 saturated carbocycles. The van der Waals surface area contributed by atoms with Gasteiger partial charge in [0.05, 0.1) is 0 Å². The molecule has 25 heavy (non-hydrogen) atoms. The second kappa shape index (κ2) is 8.23. The number of hydrogen-bond donors (Lipinski definition) is 2. The van der Waals surface area contributed by atoms with Gasteiger partial charge in [-0.25, -0.2) is 9.59 Å². The number of carbonyl (C=O) groups is 2. The van der Waals surface area contributed by atoms with Gasteiger partial charge in [-0.3, -0.25) is 0 Å². The summed E-state index contributed by atoms with van der Waals surface area (Å²) in [5, 5.41) is 5.74. The van der Waals surface area contributed by atoms with Crippen molar-refractivity contribution in [1.29, 1.82) is 0 Å². The lowest BCUT2D eigenvalue weighted by Crippen LogP contribution is -2.37. The third kappa shape index (κ3) is 6.29. The standard InChI is InChI=1S/C19H29N3O3/c1-5-14-7-6-8-16(11-14)21-17(23)22-10-9-15(13-22)12-20-18(24)25-19(2,3)4/h6-8,11,15H,5,9-10,12-13H2,1-4H3,(H,20,24)(H,21,23). The number of hydrogen-bond acceptors (Lipinski definition) is 3. The highest BCUT2D eigenvalue weighted by atomic mass is 16.6. The number of carbonyl (C=O) groups excluding carboxylic acids is 2. The predicted molar refractivity (Wildman–Crippen MR) is 98.8 cm³/mol. The van der Waals surface area contributed by atoms with Crippen LogP contribution in [0.5, 0.6) is 0 Å². The van der Waals surface area contributed by atoms with E-state index < -0.39 is 11.7 Å². The molecule has 1 atom stereocenters. The van der Waals surface area contributed by atoms with Crippen molar-refractivity contribution in [1.82, 2.24) is 10.2 Å². The lowest BCUT2D eigenvalue weighted by Gasteiger charge is -2.21. The smallest absolute Gasteiger partial charge is 0.407 e. The van der Waals surface area contributed by atoms with Crippen LogP contribution in [0.15, 0.2) is 24.3 Å². The molecule has 6 nitrogen and oxygen atoms in total. The van der Waals surface area contributed by atoms with Crippen LogP contribution in [0.25, 0.3) is 0 Å². The maximum Gasteiger partial charge on any atom is 0.407 e. The van der Waals surface area contributed by atoms with E-state index >= 15 is 0 Å². The maximum atomic E-state index is 12.4. The number of benzene rings is 1. The number of alkyl carbamates (subject to hydrolysis) is 1. The monoisotopic (exact) mass is 347 g/mol. The fourth-order valence-electron chi connectivity index (χ4n) is 2.80. The van der Waals surface area contributed by atoms with Crippen molar-refractivity contribution in [3.63, 3.8) is 0 Å². The number of ether oxygens (including phenoxy) is 1. The Morgan fingerprint density at radius 1 is 1.32 bits per heavy atom. The SMILES string of the molecule is CCc1cccc(NC(=O)N2CCC(CNC(=O)OC(C)(C)C)C2)c1. The van der Waals surface area contributed by atoms with Gasteiger partial charge in [-0.05, 0) is 57.2 Å². The van der Waals surface area contributed by atoms with Gasteiger partial charge in [0.2, 0.25) is 0 Å². The molecule has 2 rings (SSSR count). The Morgan fingerprint density at radius 3 is 2.76 bits per heavy atom. The highest BCUT2D eigenvalue weighted by molar-refractivity contribution is 5.89. The van der Waals surface area contributed by atoms with E-state index in [1.165, 1.54) is 5.56 Å². The van der Waals surface area contributed by atoms with Crippen LogP contribution in [0.2, 0.25) is 0 Å². The van der Waals surface area contributed by atoms with Crippen molar-refractivity contribution in [2.24, 2.45) is 5.92 Å². The minimum Gasteiger partial charge on any atom is -0.444 e. The van der Waals surface area contributed by atoms with Gasteiger partial charge in [0.1, 0.15) is 5.60 Å². The first kappa shape index (κ1) is 19.1. The summed E-state index contributed by atoms with van der Waals surface area (Å²) in [5.41, 5.74) is 1.51. The van der Waals surface area contributed by atoms with Gasteiger partial charge in [-0.15, -0.1) is 0 Å². The topological polar surface area (TPSA) is 70.7 Å². The molecule has 1 aromatic rings. The molecular formula is C19H29N3O3. The number of anilines is 1. The van der Waals surface area contributed by atoms with E-state index in [9.17, 15) is 9.59 Å². The summed E-state index contributed by atoms with van der Waals surface area (Å²) in [6.07, 6.45) is 1.40. The molecule has 0 bridgehead atoms. The van der Waals surface area contributed by atoms with Gasteiger partial charge in [-0.2, -0.15) is 0 Å². The van der Waals surface area contributed by atoms with Crippen LogP contribution in [0, 0.1) is 5.92 Å². The fourth-order valence-corrected chi connectivity index (χ4v) is 2.80. The normalized spacial score (nSPS) is 17.3. The Labute approximate surface area is 149 Å². The molecule has 2 N–H and O–H groups in total. The first-order valence-corrected chi connectivity index (χ1v) is 8.88. The van der Waals surface area contributed by atoms with Gasteiger partial charge >= 0.3 is 12.1 Å². The lowest BCUT2D eigenvalue weighted by atomic mass is 10.1. The third-order valence-corrected chi connectivity index (χ3v) is 4.09. The summed E-state index contributed by atoms with van der Waals surface area (Å²) in [6.45, 7) is 9.44. The quantitative estimate of drug-likeness (QED) is 0.874. The Hall–Kier alpha value is -2.24. The number of likely N-dealkylation sites (tertiary alicyclic amines) is 1. The van der Waals surface area contributed by atoms with E-state index in [1.807, 2.05) is 45.0 Å². The highest BCUT2D eigenvalue weighted by Crippen LogP contribution is 2.18. The number of aryl methyl sites for hydroxylation is 1. The van der Waals surface area contributed by atoms with Crippen molar-refractivity contribution < 1.29 is 14.3 Å². The molecule has 138 valence electrons. The molecule has 1 aliphatic heterocycles. The summed E-state index contributed by atoms with van der Waals surface area (Å²) in [5.74, 6) is 0.250. The van der Waals surface area contributed by atoms with E-state index in [0.717, 1.165) is 18.5 Å². The van der Waals surface area contributed by atoms with Crippen molar-refractivity contribution in [2.45, 2.75) is 46.1 Å². The average molecular weight is 347 g/mol. The van der Waals surface area contributed by atoms with Crippen LogP contribution in [0.4, 0.5) is 15.3 Å². The summed E-state index contributed by atoms with van der Waals surface area (Å²) in [6, 6.07) is 7.80. The minimum absolute atomic E-state index is 0.0898. The molecule has 0 radical (unpaired) electrons. The van der Waals surface area contributed by atoms with Gasteiger partial charge in [0.15, 0.2) is 0 Å². The largest absolute Gasteiger partial charge is 0.444 e. The van der Waals surface area contributed by atoms with Crippen LogP contribution in [0.1, 0.15) is 39.7 Å². The number of nitrogens with zero attached hydrogens (tertiary/aromatic N) is 1. The average Bonchev–Trinajstić information content (AvgIpc) is 3.00. The number of amides is 3. The molecule has 0 aliphatic carbocycles. The zero-order valence-corrected chi connectivity index (χ0v) is 15.6. The molecule has 6 heteroatoms. The lowest BCUT2D eigenvalue weighted by molar-refractivity contribution is 0.0520. The van der Waals surface area contributed by atoms with Crippen LogP contribution >= 0.6 is 0 Å². The van der Waals surface area contributed by atoms with Gasteiger partial charge in [0, 0.05) is 25.3 Å². The number of nitrogens with one attached hydrogen (secondary N) is 2. The molecule has 1 aromatic carbocycles. The van der Waals surface area contributed by atoms with Crippen LogP contribution < -0.4 is 10.6 Å². The minimum atomic E-state index is -0.501. The van der Waals surface area contributed by atoms with E-state index in [-0.39, 0.29) is 11.9 Å². The van der Waals surface area contributed by atoms with Gasteiger partial charge in [0.25, 0.3) is 0 Å². The first-order valence-electron chi connectivity index (χ1n) is 8.88. The van der Waals surface area contributed by atoms with Crippen LogP contribution in [-0.4, -0.2) is 42.3 Å². The van der Waals surface area contributed by atoms with Gasteiger partial charge in [-0.1, -0.05) is 19.1 Å². The molecular weight excluding hydrogens is 318 g/mol. The molecule has 1 aliphatic rings. The molecule has 1 unspecified atom stereocenters. The highest BCUT2D eigenvalue weighted by Gasteiger charge is 2.27. The zero-order chi connectivity index (χ0) is 18.4.